The quantitative estimate of drug-likeness (QED) is 0.884. The van der Waals surface area contributed by atoms with Crippen LogP contribution in [0.3, 0.4) is 0 Å². The number of nitrogens with zero attached hydrogens (tertiary/aromatic N) is 1. The summed E-state index contributed by atoms with van der Waals surface area (Å²) in [7, 11) is 2.07. The third-order valence-corrected chi connectivity index (χ3v) is 3.60. The summed E-state index contributed by atoms with van der Waals surface area (Å²) in [5, 5.41) is 10.1. The second-order valence-electron chi connectivity index (χ2n) is 5.33. The Morgan fingerprint density at radius 3 is 2.55 bits per heavy atom. The normalized spacial score (nSPS) is 12.2. The van der Waals surface area contributed by atoms with Crippen molar-refractivity contribution in [3.05, 3.63) is 65.2 Å². The summed E-state index contributed by atoms with van der Waals surface area (Å²) in [5.41, 5.74) is 4.67. The predicted octanol–water partition coefficient (Wildman–Crippen LogP) is 4.07. The molecule has 0 saturated carbocycles. The van der Waals surface area contributed by atoms with Gasteiger partial charge in [0.2, 0.25) is 0 Å². The number of para-hydroxylation sites is 1. The van der Waals surface area contributed by atoms with Gasteiger partial charge in [0.1, 0.15) is 0 Å². The van der Waals surface area contributed by atoms with Gasteiger partial charge in [-0.2, -0.15) is 0 Å². The lowest BCUT2D eigenvalue weighted by atomic mass is 10.0. The number of hydrogen-bond acceptors (Lipinski definition) is 2. The molecule has 2 aromatic rings. The molecule has 2 aromatic carbocycles. The fourth-order valence-corrected chi connectivity index (χ4v) is 2.51. The summed E-state index contributed by atoms with van der Waals surface area (Å²) in [4.78, 5) is 2.20. The van der Waals surface area contributed by atoms with Gasteiger partial charge in [0.15, 0.2) is 0 Å². The number of anilines is 1. The van der Waals surface area contributed by atoms with Gasteiger partial charge >= 0.3 is 0 Å². The van der Waals surface area contributed by atoms with Gasteiger partial charge < -0.3 is 10.0 Å². The van der Waals surface area contributed by atoms with Crippen molar-refractivity contribution in [2.24, 2.45) is 0 Å². The minimum Gasteiger partial charge on any atom is -0.388 e. The molecule has 2 heteroatoms. The number of aryl methyl sites for hydroxylation is 1. The van der Waals surface area contributed by atoms with Crippen LogP contribution in [0.4, 0.5) is 5.69 Å². The van der Waals surface area contributed by atoms with Gasteiger partial charge in [-0.25, -0.2) is 0 Å². The molecule has 0 aliphatic carbocycles. The first kappa shape index (κ1) is 14.6. The van der Waals surface area contributed by atoms with Crippen LogP contribution in [0.15, 0.2) is 48.5 Å². The Labute approximate surface area is 121 Å². The molecule has 1 N–H and O–H groups in total. The molecule has 0 fully saturated rings. The Morgan fingerprint density at radius 2 is 1.85 bits per heavy atom. The maximum absolute atomic E-state index is 10.1. The van der Waals surface area contributed by atoms with Crippen LogP contribution in [0.25, 0.3) is 0 Å². The third kappa shape index (κ3) is 3.40. The van der Waals surface area contributed by atoms with Crippen molar-refractivity contribution >= 4 is 5.69 Å². The maximum atomic E-state index is 10.1. The summed E-state index contributed by atoms with van der Waals surface area (Å²) in [6.07, 6.45) is 0.334. The molecule has 0 spiro atoms. The van der Waals surface area contributed by atoms with E-state index >= 15 is 0 Å². The summed E-state index contributed by atoms with van der Waals surface area (Å²) >= 11 is 0. The van der Waals surface area contributed by atoms with E-state index in [2.05, 4.69) is 49.2 Å². The Bertz CT molecular complexity index is 565. The highest BCUT2D eigenvalue weighted by Crippen LogP contribution is 2.28. The van der Waals surface area contributed by atoms with Crippen LogP contribution in [0, 0.1) is 6.92 Å². The molecule has 1 unspecified atom stereocenters. The van der Waals surface area contributed by atoms with Crippen LogP contribution in [0.2, 0.25) is 0 Å². The highest BCUT2D eigenvalue weighted by atomic mass is 16.3. The molecule has 0 radical (unpaired) electrons. The fourth-order valence-electron chi connectivity index (χ4n) is 2.51. The Hall–Kier alpha value is -1.80. The summed E-state index contributed by atoms with van der Waals surface area (Å²) in [5.74, 6) is 0. The zero-order valence-corrected chi connectivity index (χ0v) is 12.5. The van der Waals surface area contributed by atoms with Gasteiger partial charge in [-0.15, -0.1) is 0 Å². The van der Waals surface area contributed by atoms with Gasteiger partial charge in [-0.1, -0.05) is 55.0 Å². The highest BCUT2D eigenvalue weighted by Gasteiger charge is 2.13. The van der Waals surface area contributed by atoms with E-state index in [1.54, 1.807) is 0 Å². The van der Waals surface area contributed by atoms with Gasteiger partial charge in [0, 0.05) is 24.8 Å². The molecule has 0 aliphatic rings. The van der Waals surface area contributed by atoms with E-state index < -0.39 is 6.10 Å². The first-order valence-corrected chi connectivity index (χ1v) is 7.15. The minimum absolute atomic E-state index is 0.397. The van der Waals surface area contributed by atoms with Gasteiger partial charge in [-0.3, -0.25) is 0 Å². The van der Waals surface area contributed by atoms with Crippen LogP contribution in [0.1, 0.15) is 36.1 Å². The largest absolute Gasteiger partial charge is 0.388 e. The Kier molecular flexibility index (Phi) is 4.80. The van der Waals surface area contributed by atoms with Crippen LogP contribution < -0.4 is 4.90 Å². The van der Waals surface area contributed by atoms with E-state index in [1.807, 2.05) is 25.1 Å². The topological polar surface area (TPSA) is 23.5 Å². The molecular formula is C18H23NO. The smallest absolute Gasteiger partial charge is 0.0807 e. The molecule has 1 atom stereocenters. The molecule has 106 valence electrons. The minimum atomic E-state index is -0.397. The molecular weight excluding hydrogens is 246 g/mol. The van der Waals surface area contributed by atoms with Gasteiger partial charge in [-0.05, 0) is 25.0 Å². The number of benzene rings is 2. The molecule has 0 bridgehead atoms. The van der Waals surface area contributed by atoms with Gasteiger partial charge in [0.25, 0.3) is 0 Å². The molecule has 2 nitrogen and oxygen atoms in total. The lowest BCUT2D eigenvalue weighted by molar-refractivity contribution is 0.174. The van der Waals surface area contributed by atoms with E-state index in [1.165, 1.54) is 11.1 Å². The summed E-state index contributed by atoms with van der Waals surface area (Å²) in [6, 6.07) is 16.6. The van der Waals surface area contributed by atoms with Crippen molar-refractivity contribution in [2.45, 2.75) is 32.9 Å². The zero-order valence-electron chi connectivity index (χ0n) is 12.5. The number of aliphatic hydroxyl groups excluding tert-OH is 1. The Morgan fingerprint density at radius 1 is 1.10 bits per heavy atom. The van der Waals surface area contributed by atoms with Crippen molar-refractivity contribution in [1.29, 1.82) is 0 Å². The van der Waals surface area contributed by atoms with Crippen molar-refractivity contribution in [3.63, 3.8) is 0 Å². The molecule has 0 aromatic heterocycles. The summed E-state index contributed by atoms with van der Waals surface area (Å²) < 4.78 is 0. The average Bonchev–Trinajstić information content (AvgIpc) is 2.46. The average molecular weight is 269 g/mol. The van der Waals surface area contributed by atoms with E-state index in [0.717, 1.165) is 24.2 Å². The zero-order chi connectivity index (χ0) is 14.5. The molecule has 0 amide bonds. The van der Waals surface area contributed by atoms with E-state index in [9.17, 15) is 5.11 Å². The number of aliphatic hydroxyl groups is 1. The van der Waals surface area contributed by atoms with E-state index in [0.29, 0.717) is 0 Å². The first-order chi connectivity index (χ1) is 9.61. The van der Waals surface area contributed by atoms with Crippen molar-refractivity contribution in [2.75, 3.05) is 11.9 Å². The van der Waals surface area contributed by atoms with Crippen molar-refractivity contribution in [3.8, 4) is 0 Å². The predicted molar refractivity (Wildman–Crippen MR) is 85.0 cm³/mol. The van der Waals surface area contributed by atoms with Crippen LogP contribution in [-0.2, 0) is 6.54 Å². The molecule has 0 aliphatic heterocycles. The van der Waals surface area contributed by atoms with Gasteiger partial charge in [0.05, 0.1) is 6.10 Å². The lowest BCUT2D eigenvalue weighted by Gasteiger charge is -2.24. The van der Waals surface area contributed by atoms with E-state index in [4.69, 9.17) is 0 Å². The SMILES string of the molecule is CCC(O)c1ccccc1N(C)Cc1cccc(C)c1. The molecule has 0 heterocycles. The monoisotopic (exact) mass is 269 g/mol. The first-order valence-electron chi connectivity index (χ1n) is 7.15. The van der Waals surface area contributed by atoms with Crippen LogP contribution in [0.5, 0.6) is 0 Å². The Balaban J connectivity index is 2.23. The lowest BCUT2D eigenvalue weighted by Crippen LogP contribution is -2.18. The number of rotatable bonds is 5. The second kappa shape index (κ2) is 6.58. The standard InChI is InChI=1S/C18H23NO/c1-4-18(20)16-10-5-6-11-17(16)19(3)13-15-9-7-8-14(2)12-15/h5-12,18,20H,4,13H2,1-3H3. The second-order valence-corrected chi connectivity index (χ2v) is 5.33. The van der Waals surface area contributed by atoms with Crippen LogP contribution in [-0.4, -0.2) is 12.2 Å². The number of hydrogen-bond donors (Lipinski definition) is 1. The van der Waals surface area contributed by atoms with Crippen molar-refractivity contribution < 1.29 is 5.11 Å². The van der Waals surface area contributed by atoms with Crippen LogP contribution >= 0.6 is 0 Å². The third-order valence-electron chi connectivity index (χ3n) is 3.60. The molecule has 2 rings (SSSR count). The molecule has 0 saturated heterocycles. The highest BCUT2D eigenvalue weighted by molar-refractivity contribution is 5.54. The summed E-state index contributed by atoms with van der Waals surface area (Å²) in [6.45, 7) is 4.95. The van der Waals surface area contributed by atoms with Crippen molar-refractivity contribution in [1.82, 2.24) is 0 Å². The fraction of sp³-hybridized carbons (Fsp3) is 0.333. The van der Waals surface area contributed by atoms with E-state index in [-0.39, 0.29) is 0 Å². The maximum Gasteiger partial charge on any atom is 0.0807 e. The molecule has 20 heavy (non-hydrogen) atoms.